The molecule has 6 heteroatoms. The third-order valence-corrected chi connectivity index (χ3v) is 5.17. The molecule has 0 amide bonds. The van der Waals surface area contributed by atoms with Crippen molar-refractivity contribution in [3.8, 4) is 10.6 Å². The Kier molecular flexibility index (Phi) is 3.50. The first-order valence-electron chi connectivity index (χ1n) is 5.64. The van der Waals surface area contributed by atoms with E-state index in [2.05, 4.69) is 20.9 Å². The van der Waals surface area contributed by atoms with Crippen LogP contribution in [0.1, 0.15) is 10.4 Å². The molecule has 0 spiro atoms. The van der Waals surface area contributed by atoms with Gasteiger partial charge in [-0.3, -0.25) is 0 Å². The Hall–Kier alpha value is -1.43. The summed E-state index contributed by atoms with van der Waals surface area (Å²) in [5, 5.41) is 10.4. The third kappa shape index (κ3) is 2.32. The Bertz CT molecular complexity index is 831. The van der Waals surface area contributed by atoms with E-state index in [9.17, 15) is 4.79 Å². The van der Waals surface area contributed by atoms with Crippen molar-refractivity contribution in [2.45, 2.75) is 0 Å². The third-order valence-electron chi connectivity index (χ3n) is 2.82. The molecular formula is C14H7BrClNO2S. The Balaban J connectivity index is 2.18. The van der Waals surface area contributed by atoms with Crippen molar-refractivity contribution in [1.29, 1.82) is 0 Å². The molecule has 0 aliphatic carbocycles. The molecule has 3 aromatic rings. The van der Waals surface area contributed by atoms with E-state index in [0.717, 1.165) is 25.3 Å². The van der Waals surface area contributed by atoms with Crippen molar-refractivity contribution in [3.63, 3.8) is 0 Å². The van der Waals surface area contributed by atoms with Gasteiger partial charge in [0.05, 0.1) is 20.8 Å². The summed E-state index contributed by atoms with van der Waals surface area (Å²) in [5.41, 5.74) is 1.86. The van der Waals surface area contributed by atoms with Crippen LogP contribution in [-0.4, -0.2) is 16.1 Å². The van der Waals surface area contributed by atoms with Crippen LogP contribution in [0.5, 0.6) is 0 Å². The van der Waals surface area contributed by atoms with Crippen molar-refractivity contribution in [2.75, 3.05) is 0 Å². The highest BCUT2D eigenvalue weighted by atomic mass is 79.9. The number of hydrogen-bond donors (Lipinski definition) is 1. The predicted octanol–water partition coefficient (Wildman–Crippen LogP) is 5.08. The van der Waals surface area contributed by atoms with Crippen LogP contribution in [0, 0.1) is 0 Å². The van der Waals surface area contributed by atoms with Crippen LogP contribution in [0.4, 0.5) is 0 Å². The van der Waals surface area contributed by atoms with Crippen molar-refractivity contribution in [3.05, 3.63) is 51.5 Å². The fourth-order valence-corrected chi connectivity index (χ4v) is 3.52. The Morgan fingerprint density at radius 1 is 1.30 bits per heavy atom. The molecule has 0 fully saturated rings. The maximum Gasteiger partial charge on any atom is 0.335 e. The molecule has 0 saturated carbocycles. The lowest BCUT2D eigenvalue weighted by molar-refractivity contribution is 0.0697. The summed E-state index contributed by atoms with van der Waals surface area (Å²) in [6.45, 7) is 0. The number of fused-ring (bicyclic) bond motifs is 1. The predicted molar refractivity (Wildman–Crippen MR) is 84.7 cm³/mol. The molecule has 0 unspecified atom stereocenters. The average molecular weight is 369 g/mol. The summed E-state index contributed by atoms with van der Waals surface area (Å²) in [5.74, 6) is -0.942. The standard InChI is InChI=1S/C14H7BrClNO2S/c15-9-3-1-2-8(12(9)16)13-17-10-5-4-7(14(18)19)6-11(10)20-13/h1-6H,(H,18,19). The van der Waals surface area contributed by atoms with Gasteiger partial charge in [0, 0.05) is 10.0 Å². The number of thiazole rings is 1. The first-order valence-corrected chi connectivity index (χ1v) is 7.63. The molecule has 20 heavy (non-hydrogen) atoms. The minimum Gasteiger partial charge on any atom is -0.478 e. The second-order valence-corrected chi connectivity index (χ2v) is 6.37. The molecule has 0 aliphatic rings. The molecular weight excluding hydrogens is 362 g/mol. The van der Waals surface area contributed by atoms with Gasteiger partial charge in [-0.1, -0.05) is 23.7 Å². The van der Waals surface area contributed by atoms with E-state index in [-0.39, 0.29) is 5.56 Å². The second-order valence-electron chi connectivity index (χ2n) is 4.11. The molecule has 1 aromatic heterocycles. The fraction of sp³-hybridized carbons (Fsp3) is 0. The minimum absolute atomic E-state index is 0.257. The maximum atomic E-state index is 11.0. The summed E-state index contributed by atoms with van der Waals surface area (Å²) < 4.78 is 1.64. The SMILES string of the molecule is O=C(O)c1ccc2nc(-c3cccc(Br)c3Cl)sc2c1. The zero-order valence-electron chi connectivity index (χ0n) is 9.93. The highest BCUT2D eigenvalue weighted by Gasteiger charge is 2.13. The Labute approximate surface area is 132 Å². The van der Waals surface area contributed by atoms with Crippen LogP contribution in [-0.2, 0) is 0 Å². The number of aromatic carboxylic acids is 1. The molecule has 100 valence electrons. The van der Waals surface area contributed by atoms with Gasteiger partial charge in [-0.25, -0.2) is 9.78 Å². The number of rotatable bonds is 2. The topological polar surface area (TPSA) is 50.2 Å². The molecule has 0 atom stereocenters. The van der Waals surface area contributed by atoms with Crippen LogP contribution in [0.3, 0.4) is 0 Å². The quantitative estimate of drug-likeness (QED) is 0.686. The van der Waals surface area contributed by atoms with Crippen LogP contribution in [0.2, 0.25) is 5.02 Å². The highest BCUT2D eigenvalue weighted by Crippen LogP contribution is 2.37. The monoisotopic (exact) mass is 367 g/mol. The van der Waals surface area contributed by atoms with E-state index >= 15 is 0 Å². The number of carbonyl (C=O) groups is 1. The molecule has 0 aliphatic heterocycles. The lowest BCUT2D eigenvalue weighted by atomic mass is 10.2. The van der Waals surface area contributed by atoms with Gasteiger partial charge in [-0.05, 0) is 40.2 Å². The average Bonchev–Trinajstić information content (AvgIpc) is 2.84. The van der Waals surface area contributed by atoms with Gasteiger partial charge >= 0.3 is 5.97 Å². The summed E-state index contributed by atoms with van der Waals surface area (Å²) in [4.78, 5) is 15.5. The van der Waals surface area contributed by atoms with Crippen LogP contribution in [0.25, 0.3) is 20.8 Å². The Morgan fingerprint density at radius 3 is 2.85 bits per heavy atom. The molecule has 3 nitrogen and oxygen atoms in total. The van der Waals surface area contributed by atoms with Gasteiger partial charge in [0.2, 0.25) is 0 Å². The van der Waals surface area contributed by atoms with Crippen molar-refractivity contribution in [2.24, 2.45) is 0 Å². The van der Waals surface area contributed by atoms with Gasteiger partial charge in [0.15, 0.2) is 0 Å². The van der Waals surface area contributed by atoms with Crippen LogP contribution >= 0.6 is 38.9 Å². The van der Waals surface area contributed by atoms with Gasteiger partial charge < -0.3 is 5.11 Å². The fourth-order valence-electron chi connectivity index (χ4n) is 1.84. The summed E-state index contributed by atoms with van der Waals surface area (Å²) in [7, 11) is 0. The molecule has 0 saturated heterocycles. The van der Waals surface area contributed by atoms with E-state index in [1.165, 1.54) is 11.3 Å². The first kappa shape index (κ1) is 13.5. The lowest BCUT2D eigenvalue weighted by Crippen LogP contribution is -1.94. The second kappa shape index (κ2) is 5.16. The van der Waals surface area contributed by atoms with Crippen molar-refractivity contribution >= 4 is 55.1 Å². The molecule has 1 heterocycles. The van der Waals surface area contributed by atoms with Gasteiger partial charge in [0.1, 0.15) is 5.01 Å². The lowest BCUT2D eigenvalue weighted by Gasteiger charge is -2.01. The number of halogens is 2. The van der Waals surface area contributed by atoms with E-state index in [1.54, 1.807) is 18.2 Å². The minimum atomic E-state index is -0.942. The molecule has 2 aromatic carbocycles. The van der Waals surface area contributed by atoms with Gasteiger partial charge in [-0.15, -0.1) is 11.3 Å². The van der Waals surface area contributed by atoms with Gasteiger partial charge in [0.25, 0.3) is 0 Å². The molecule has 3 rings (SSSR count). The van der Waals surface area contributed by atoms with Crippen LogP contribution < -0.4 is 0 Å². The van der Waals surface area contributed by atoms with E-state index in [1.807, 2.05) is 18.2 Å². The number of carboxylic acid groups (broad SMARTS) is 1. The maximum absolute atomic E-state index is 11.0. The summed E-state index contributed by atoms with van der Waals surface area (Å²) in [6.07, 6.45) is 0. The van der Waals surface area contributed by atoms with Crippen LogP contribution in [0.15, 0.2) is 40.9 Å². The zero-order valence-corrected chi connectivity index (χ0v) is 13.1. The summed E-state index contributed by atoms with van der Waals surface area (Å²) in [6, 6.07) is 10.5. The smallest absolute Gasteiger partial charge is 0.335 e. The first-order chi connectivity index (χ1) is 9.56. The summed E-state index contributed by atoms with van der Waals surface area (Å²) >= 11 is 11.1. The molecule has 1 N–H and O–H groups in total. The molecule has 0 bridgehead atoms. The zero-order chi connectivity index (χ0) is 14.3. The molecule has 0 radical (unpaired) electrons. The Morgan fingerprint density at radius 2 is 2.10 bits per heavy atom. The van der Waals surface area contributed by atoms with Crippen molar-refractivity contribution < 1.29 is 9.90 Å². The van der Waals surface area contributed by atoms with Gasteiger partial charge in [-0.2, -0.15) is 0 Å². The van der Waals surface area contributed by atoms with E-state index in [0.29, 0.717) is 5.02 Å². The van der Waals surface area contributed by atoms with E-state index in [4.69, 9.17) is 16.7 Å². The number of aromatic nitrogens is 1. The number of benzene rings is 2. The number of hydrogen-bond acceptors (Lipinski definition) is 3. The highest BCUT2D eigenvalue weighted by molar-refractivity contribution is 9.10. The number of carboxylic acids is 1. The largest absolute Gasteiger partial charge is 0.478 e. The normalized spacial score (nSPS) is 10.9. The number of nitrogens with zero attached hydrogens (tertiary/aromatic N) is 1. The van der Waals surface area contributed by atoms with E-state index < -0.39 is 5.97 Å². The van der Waals surface area contributed by atoms with Crippen molar-refractivity contribution in [1.82, 2.24) is 4.98 Å².